The molecule has 0 saturated carbocycles. The van der Waals surface area contributed by atoms with Crippen LogP contribution in [0.15, 0.2) is 17.5 Å². The summed E-state index contributed by atoms with van der Waals surface area (Å²) in [6.07, 6.45) is -0.663. The monoisotopic (exact) mass is 238 g/mol. The Morgan fingerprint density at radius 2 is 2.31 bits per heavy atom. The van der Waals surface area contributed by atoms with Gasteiger partial charge in [0.15, 0.2) is 0 Å². The van der Waals surface area contributed by atoms with Crippen LogP contribution in [0.25, 0.3) is 0 Å². The van der Waals surface area contributed by atoms with Gasteiger partial charge in [-0.25, -0.2) is 4.68 Å². The Morgan fingerprint density at radius 3 is 2.88 bits per heavy atom. The van der Waals surface area contributed by atoms with Crippen LogP contribution in [0.2, 0.25) is 0 Å². The van der Waals surface area contributed by atoms with Crippen molar-refractivity contribution in [2.45, 2.75) is 13.0 Å². The van der Waals surface area contributed by atoms with E-state index in [0.717, 1.165) is 16.1 Å². The molecule has 0 aliphatic heterocycles. The van der Waals surface area contributed by atoms with Gasteiger partial charge in [0, 0.05) is 11.9 Å². The number of aryl methyl sites for hydroxylation is 2. The van der Waals surface area contributed by atoms with Gasteiger partial charge in [-0.15, -0.1) is 11.3 Å². The van der Waals surface area contributed by atoms with Gasteiger partial charge in [-0.2, -0.15) is 5.10 Å². The molecule has 1 atom stereocenters. The molecule has 2 rings (SSSR count). The lowest BCUT2D eigenvalue weighted by Gasteiger charge is -2.10. The van der Waals surface area contributed by atoms with E-state index in [1.807, 2.05) is 24.4 Å². The largest absolute Gasteiger partial charge is 0.481 e. The molecule has 4 nitrogen and oxygen atoms in total. The Bertz CT molecular complexity index is 476. The quantitative estimate of drug-likeness (QED) is 0.888. The molecule has 0 bridgehead atoms. The summed E-state index contributed by atoms with van der Waals surface area (Å²) in [5, 5.41) is 16.5. The molecule has 0 spiro atoms. The smallest absolute Gasteiger partial charge is 0.217 e. The highest BCUT2D eigenvalue weighted by molar-refractivity contribution is 7.10. The van der Waals surface area contributed by atoms with E-state index in [1.165, 1.54) is 11.3 Å². The highest BCUT2D eigenvalue weighted by Gasteiger charge is 2.23. The number of nitrogens with zero attached hydrogens (tertiary/aromatic N) is 2. The number of aliphatic hydroxyl groups is 1. The zero-order chi connectivity index (χ0) is 11.7. The van der Waals surface area contributed by atoms with Gasteiger partial charge < -0.3 is 9.84 Å². The third-order valence-electron chi connectivity index (χ3n) is 2.49. The van der Waals surface area contributed by atoms with E-state index in [1.54, 1.807) is 18.8 Å². The molecule has 1 N–H and O–H groups in total. The Hall–Kier alpha value is -1.33. The summed E-state index contributed by atoms with van der Waals surface area (Å²) in [5.41, 5.74) is 1.53. The molecular formula is C11H14N2O2S. The minimum absolute atomic E-state index is 0.610. The van der Waals surface area contributed by atoms with Crippen molar-refractivity contribution in [2.24, 2.45) is 7.05 Å². The molecule has 0 fully saturated rings. The van der Waals surface area contributed by atoms with Crippen molar-refractivity contribution in [1.29, 1.82) is 0 Å². The fourth-order valence-corrected chi connectivity index (χ4v) is 2.52. The van der Waals surface area contributed by atoms with Gasteiger partial charge in [0.1, 0.15) is 6.10 Å². The summed E-state index contributed by atoms with van der Waals surface area (Å²) in [7, 11) is 3.39. The van der Waals surface area contributed by atoms with E-state index in [4.69, 9.17) is 4.74 Å². The van der Waals surface area contributed by atoms with Crippen LogP contribution >= 0.6 is 11.3 Å². The molecule has 0 aromatic carbocycles. The Morgan fingerprint density at radius 1 is 1.56 bits per heavy atom. The van der Waals surface area contributed by atoms with Crippen molar-refractivity contribution in [1.82, 2.24) is 9.78 Å². The van der Waals surface area contributed by atoms with Gasteiger partial charge in [0.25, 0.3) is 0 Å². The fourth-order valence-electron chi connectivity index (χ4n) is 1.80. The number of aromatic nitrogens is 2. The molecule has 5 heteroatoms. The minimum Gasteiger partial charge on any atom is -0.481 e. The van der Waals surface area contributed by atoms with Crippen LogP contribution < -0.4 is 4.74 Å². The summed E-state index contributed by atoms with van der Waals surface area (Å²) >= 11 is 1.52. The number of aliphatic hydroxyl groups excluding tert-OH is 1. The number of hydrogen-bond donors (Lipinski definition) is 1. The van der Waals surface area contributed by atoms with Gasteiger partial charge in [0.2, 0.25) is 5.88 Å². The van der Waals surface area contributed by atoms with Crippen LogP contribution in [0.3, 0.4) is 0 Å². The number of rotatable bonds is 3. The summed E-state index contributed by atoms with van der Waals surface area (Å²) in [5.74, 6) is 0.610. The number of hydrogen-bond acceptors (Lipinski definition) is 4. The van der Waals surface area contributed by atoms with E-state index < -0.39 is 6.10 Å². The lowest BCUT2D eigenvalue weighted by atomic mass is 10.1. The highest BCUT2D eigenvalue weighted by atomic mass is 32.1. The van der Waals surface area contributed by atoms with Crippen molar-refractivity contribution < 1.29 is 9.84 Å². The van der Waals surface area contributed by atoms with E-state index >= 15 is 0 Å². The van der Waals surface area contributed by atoms with Crippen molar-refractivity contribution in [2.75, 3.05) is 7.11 Å². The summed E-state index contributed by atoms with van der Waals surface area (Å²) in [6.45, 7) is 1.87. The highest BCUT2D eigenvalue weighted by Crippen LogP contribution is 2.33. The number of thiophene rings is 1. The Labute approximate surface area is 98.1 Å². The van der Waals surface area contributed by atoms with Crippen LogP contribution in [0.1, 0.15) is 22.2 Å². The van der Waals surface area contributed by atoms with Crippen LogP contribution in [0, 0.1) is 6.92 Å². The van der Waals surface area contributed by atoms with Crippen molar-refractivity contribution >= 4 is 11.3 Å². The zero-order valence-corrected chi connectivity index (χ0v) is 10.3. The summed E-state index contributed by atoms with van der Waals surface area (Å²) in [6, 6.07) is 3.82. The SMILES string of the molecule is COc1c(C(O)c2cccs2)c(C)nn1C. The van der Waals surface area contributed by atoms with E-state index in [2.05, 4.69) is 5.10 Å². The first-order valence-electron chi connectivity index (χ1n) is 4.94. The molecule has 2 aromatic heterocycles. The van der Waals surface area contributed by atoms with Crippen LogP contribution in [-0.4, -0.2) is 22.0 Å². The average molecular weight is 238 g/mol. The zero-order valence-electron chi connectivity index (χ0n) is 9.47. The third-order valence-corrected chi connectivity index (χ3v) is 3.42. The van der Waals surface area contributed by atoms with Gasteiger partial charge in [-0.05, 0) is 18.4 Å². The van der Waals surface area contributed by atoms with Crippen molar-refractivity contribution in [3.8, 4) is 5.88 Å². The van der Waals surface area contributed by atoms with Crippen molar-refractivity contribution in [3.63, 3.8) is 0 Å². The molecule has 2 heterocycles. The van der Waals surface area contributed by atoms with Gasteiger partial charge in [0.05, 0.1) is 18.4 Å². The maximum Gasteiger partial charge on any atom is 0.217 e. The number of methoxy groups -OCH3 is 1. The summed E-state index contributed by atoms with van der Waals surface area (Å²) in [4.78, 5) is 0.898. The fraction of sp³-hybridized carbons (Fsp3) is 0.364. The lowest BCUT2D eigenvalue weighted by Crippen LogP contribution is -2.02. The first-order valence-corrected chi connectivity index (χ1v) is 5.82. The van der Waals surface area contributed by atoms with Crippen LogP contribution in [0.4, 0.5) is 0 Å². The molecule has 86 valence electrons. The second-order valence-corrected chi connectivity index (χ2v) is 4.53. The molecule has 0 radical (unpaired) electrons. The predicted molar refractivity (Wildman–Crippen MR) is 62.9 cm³/mol. The second kappa shape index (κ2) is 4.27. The lowest BCUT2D eigenvalue weighted by molar-refractivity contribution is 0.216. The molecule has 0 amide bonds. The van der Waals surface area contributed by atoms with E-state index in [0.29, 0.717) is 5.88 Å². The topological polar surface area (TPSA) is 47.3 Å². The molecule has 2 aromatic rings. The minimum atomic E-state index is -0.663. The summed E-state index contributed by atoms with van der Waals surface area (Å²) < 4.78 is 6.90. The Kier molecular flexibility index (Phi) is 2.98. The molecule has 16 heavy (non-hydrogen) atoms. The average Bonchev–Trinajstić information content (AvgIpc) is 2.84. The third kappa shape index (κ3) is 1.72. The van der Waals surface area contributed by atoms with Gasteiger partial charge in [-0.1, -0.05) is 6.07 Å². The first-order chi connectivity index (χ1) is 7.65. The van der Waals surface area contributed by atoms with Crippen molar-refractivity contribution in [3.05, 3.63) is 33.6 Å². The Balaban J connectivity index is 2.47. The van der Waals surface area contributed by atoms with Crippen LogP contribution in [-0.2, 0) is 7.05 Å². The van der Waals surface area contributed by atoms with E-state index in [9.17, 15) is 5.11 Å². The molecule has 0 aliphatic rings. The van der Waals surface area contributed by atoms with Gasteiger partial charge in [-0.3, -0.25) is 0 Å². The second-order valence-electron chi connectivity index (χ2n) is 3.55. The normalized spacial score (nSPS) is 12.8. The maximum absolute atomic E-state index is 10.3. The molecule has 0 aliphatic carbocycles. The molecule has 0 saturated heterocycles. The van der Waals surface area contributed by atoms with E-state index in [-0.39, 0.29) is 0 Å². The van der Waals surface area contributed by atoms with Crippen LogP contribution in [0.5, 0.6) is 5.88 Å². The number of ether oxygens (including phenoxy) is 1. The standard InChI is InChI=1S/C11H14N2O2S/c1-7-9(11(15-3)13(2)12-7)10(14)8-5-4-6-16-8/h4-6,10,14H,1-3H3. The maximum atomic E-state index is 10.3. The molecule has 1 unspecified atom stereocenters. The predicted octanol–water partition coefficient (Wildman–Crippen LogP) is 1.88. The van der Waals surface area contributed by atoms with Gasteiger partial charge >= 0.3 is 0 Å². The molecular weight excluding hydrogens is 224 g/mol. The first kappa shape index (κ1) is 11.2.